The number of hydrogen-bond acceptors (Lipinski definition) is 2. The van der Waals surface area contributed by atoms with Crippen molar-refractivity contribution in [2.75, 3.05) is 0 Å². The maximum Gasteiger partial charge on any atom is 0.0838 e. The first-order chi connectivity index (χ1) is 10.3. The lowest BCUT2D eigenvalue weighted by molar-refractivity contribution is -0.0382. The van der Waals surface area contributed by atoms with E-state index in [1.165, 1.54) is 57.8 Å². The van der Waals surface area contributed by atoms with Crippen LogP contribution in [-0.4, -0.2) is 23.4 Å². The Morgan fingerprint density at radius 2 is 1.43 bits per heavy atom. The van der Waals surface area contributed by atoms with E-state index in [2.05, 4.69) is 13.8 Å². The summed E-state index contributed by atoms with van der Waals surface area (Å²) >= 11 is 0. The number of ether oxygens (including phenoxy) is 1. The minimum absolute atomic E-state index is 0.119. The molecule has 3 atom stereocenters. The summed E-state index contributed by atoms with van der Waals surface area (Å²) in [6, 6.07) is 0. The molecule has 0 bridgehead atoms. The van der Waals surface area contributed by atoms with Gasteiger partial charge < -0.3 is 9.84 Å². The third-order valence-corrected chi connectivity index (χ3v) is 4.88. The summed E-state index contributed by atoms with van der Waals surface area (Å²) < 4.78 is 5.86. The van der Waals surface area contributed by atoms with Gasteiger partial charge in [-0.3, -0.25) is 0 Å². The highest BCUT2D eigenvalue weighted by Gasteiger charge is 2.29. The average Bonchev–Trinajstić information content (AvgIpc) is 2.98. The third-order valence-electron chi connectivity index (χ3n) is 4.88. The van der Waals surface area contributed by atoms with Crippen LogP contribution in [0.2, 0.25) is 0 Å². The predicted molar refractivity (Wildman–Crippen MR) is 90.7 cm³/mol. The molecule has 1 rings (SSSR count). The molecular weight excluding hydrogens is 260 g/mol. The maximum atomic E-state index is 10.2. The normalized spacial score (nSPS) is 23.6. The van der Waals surface area contributed by atoms with Gasteiger partial charge in [-0.1, -0.05) is 78.1 Å². The van der Waals surface area contributed by atoms with Gasteiger partial charge in [-0.05, 0) is 25.7 Å². The highest BCUT2D eigenvalue weighted by atomic mass is 16.5. The van der Waals surface area contributed by atoms with Gasteiger partial charge in [0.25, 0.3) is 0 Å². The quantitative estimate of drug-likeness (QED) is 0.447. The van der Waals surface area contributed by atoms with E-state index in [1.807, 2.05) is 0 Å². The molecule has 1 fully saturated rings. The summed E-state index contributed by atoms with van der Waals surface area (Å²) in [7, 11) is 0. The number of hydrogen-bond donors (Lipinski definition) is 1. The Morgan fingerprint density at radius 3 is 1.95 bits per heavy atom. The van der Waals surface area contributed by atoms with E-state index in [1.54, 1.807) is 0 Å². The Hall–Kier alpha value is -0.0800. The molecule has 1 N–H and O–H groups in total. The average molecular weight is 299 g/mol. The molecule has 2 nitrogen and oxygen atoms in total. The van der Waals surface area contributed by atoms with Gasteiger partial charge in [-0.25, -0.2) is 0 Å². The maximum absolute atomic E-state index is 10.2. The number of unbranched alkanes of at least 4 members (excludes halogenated alkanes) is 9. The highest BCUT2D eigenvalue weighted by molar-refractivity contribution is 4.78. The van der Waals surface area contributed by atoms with Crippen molar-refractivity contribution in [2.24, 2.45) is 0 Å². The molecule has 0 amide bonds. The number of aliphatic hydroxyl groups excluding tert-OH is 1. The molecule has 1 heterocycles. The lowest BCUT2D eigenvalue weighted by Crippen LogP contribution is -2.26. The Balaban J connectivity index is 1.85. The summed E-state index contributed by atoms with van der Waals surface area (Å²) in [6.07, 6.45) is 18.0. The third kappa shape index (κ3) is 8.83. The Kier molecular flexibility index (Phi) is 11.3. The van der Waals surface area contributed by atoms with Crippen molar-refractivity contribution in [1.82, 2.24) is 0 Å². The molecule has 2 heteroatoms. The van der Waals surface area contributed by atoms with Crippen LogP contribution in [0.1, 0.15) is 104 Å². The van der Waals surface area contributed by atoms with E-state index in [0.717, 1.165) is 32.1 Å². The van der Waals surface area contributed by atoms with Crippen LogP contribution in [-0.2, 0) is 4.74 Å². The molecule has 1 aliphatic heterocycles. The van der Waals surface area contributed by atoms with Crippen LogP contribution in [0.3, 0.4) is 0 Å². The Bertz CT molecular complexity index is 230. The summed E-state index contributed by atoms with van der Waals surface area (Å²) in [5, 5.41) is 10.2. The molecule has 0 aromatic rings. The second-order valence-electron chi connectivity index (χ2n) is 6.82. The summed E-state index contributed by atoms with van der Waals surface area (Å²) in [6.45, 7) is 4.44. The first-order valence-electron chi connectivity index (χ1n) is 9.61. The van der Waals surface area contributed by atoms with Crippen LogP contribution in [0.15, 0.2) is 0 Å². The van der Waals surface area contributed by atoms with E-state index in [9.17, 15) is 5.11 Å². The van der Waals surface area contributed by atoms with E-state index in [0.29, 0.717) is 6.10 Å². The van der Waals surface area contributed by atoms with E-state index in [-0.39, 0.29) is 12.2 Å². The largest absolute Gasteiger partial charge is 0.390 e. The summed E-state index contributed by atoms with van der Waals surface area (Å²) in [4.78, 5) is 0. The van der Waals surface area contributed by atoms with Crippen molar-refractivity contribution < 1.29 is 9.84 Å². The van der Waals surface area contributed by atoms with Crippen molar-refractivity contribution in [3.63, 3.8) is 0 Å². The first-order valence-corrected chi connectivity index (χ1v) is 9.61. The zero-order valence-electron chi connectivity index (χ0n) is 14.5. The molecule has 1 saturated heterocycles. The van der Waals surface area contributed by atoms with Crippen LogP contribution in [0.25, 0.3) is 0 Å². The minimum Gasteiger partial charge on any atom is -0.390 e. The van der Waals surface area contributed by atoms with Gasteiger partial charge in [-0.2, -0.15) is 0 Å². The van der Waals surface area contributed by atoms with Crippen LogP contribution in [0, 0.1) is 0 Å². The van der Waals surface area contributed by atoms with E-state index < -0.39 is 0 Å². The van der Waals surface area contributed by atoms with Crippen molar-refractivity contribution in [1.29, 1.82) is 0 Å². The lowest BCUT2D eigenvalue weighted by atomic mass is 10.0. The molecule has 21 heavy (non-hydrogen) atoms. The van der Waals surface area contributed by atoms with Gasteiger partial charge in [0.2, 0.25) is 0 Å². The summed E-state index contributed by atoms with van der Waals surface area (Å²) in [5.74, 6) is 0. The van der Waals surface area contributed by atoms with Gasteiger partial charge in [-0.15, -0.1) is 0 Å². The standard InChI is InChI=1S/C19H38O2/c1-3-5-6-7-8-9-10-11-12-13-14-18(20)19-16-15-17(4-2)21-19/h17-20H,3-16H2,1-2H3/t17-,18+,19+/m0/s1. The molecule has 1 aliphatic rings. The van der Waals surface area contributed by atoms with Crippen LogP contribution < -0.4 is 0 Å². The van der Waals surface area contributed by atoms with Crippen molar-refractivity contribution in [3.05, 3.63) is 0 Å². The molecule has 0 spiro atoms. The molecule has 0 aromatic carbocycles. The fraction of sp³-hybridized carbons (Fsp3) is 1.00. The zero-order valence-corrected chi connectivity index (χ0v) is 14.5. The zero-order chi connectivity index (χ0) is 15.3. The molecule has 0 aliphatic carbocycles. The minimum atomic E-state index is -0.226. The summed E-state index contributed by atoms with van der Waals surface area (Å²) in [5.41, 5.74) is 0. The van der Waals surface area contributed by atoms with Gasteiger partial charge in [0, 0.05) is 0 Å². The van der Waals surface area contributed by atoms with Crippen LogP contribution >= 0.6 is 0 Å². The lowest BCUT2D eigenvalue weighted by Gasteiger charge is -2.18. The first kappa shape index (κ1) is 19.0. The number of rotatable bonds is 13. The topological polar surface area (TPSA) is 29.5 Å². The van der Waals surface area contributed by atoms with Crippen LogP contribution in [0.5, 0.6) is 0 Å². The van der Waals surface area contributed by atoms with E-state index in [4.69, 9.17) is 4.74 Å². The predicted octanol–water partition coefficient (Wildman–Crippen LogP) is 5.62. The van der Waals surface area contributed by atoms with Crippen molar-refractivity contribution in [3.8, 4) is 0 Å². The van der Waals surface area contributed by atoms with Crippen LogP contribution in [0.4, 0.5) is 0 Å². The molecule has 0 unspecified atom stereocenters. The second-order valence-corrected chi connectivity index (χ2v) is 6.82. The molecule has 0 aromatic heterocycles. The molecule has 0 saturated carbocycles. The SMILES string of the molecule is CCCCCCCCCCCC[C@@H](O)[C@H]1CC[C@H](CC)O1. The van der Waals surface area contributed by atoms with Gasteiger partial charge in [0.05, 0.1) is 18.3 Å². The fourth-order valence-electron chi connectivity index (χ4n) is 3.34. The molecule has 126 valence electrons. The second kappa shape index (κ2) is 12.5. The fourth-order valence-corrected chi connectivity index (χ4v) is 3.34. The van der Waals surface area contributed by atoms with Gasteiger partial charge >= 0.3 is 0 Å². The monoisotopic (exact) mass is 298 g/mol. The smallest absolute Gasteiger partial charge is 0.0838 e. The van der Waals surface area contributed by atoms with Crippen molar-refractivity contribution >= 4 is 0 Å². The molecular formula is C19H38O2. The van der Waals surface area contributed by atoms with Crippen molar-refractivity contribution in [2.45, 2.75) is 122 Å². The Morgan fingerprint density at radius 1 is 0.857 bits per heavy atom. The molecule has 0 radical (unpaired) electrons. The Labute approximate surface area is 132 Å². The van der Waals surface area contributed by atoms with E-state index >= 15 is 0 Å². The number of aliphatic hydroxyl groups is 1. The highest BCUT2D eigenvalue weighted by Crippen LogP contribution is 2.26. The van der Waals surface area contributed by atoms with Gasteiger partial charge in [0.15, 0.2) is 0 Å². The van der Waals surface area contributed by atoms with Gasteiger partial charge in [0.1, 0.15) is 0 Å².